The fraction of sp³-hybridized carbons (Fsp3) is 0.632. The lowest BCUT2D eigenvalue weighted by atomic mass is 9.76. The lowest BCUT2D eigenvalue weighted by Gasteiger charge is -2.29. The third-order valence-corrected chi connectivity index (χ3v) is 5.49. The van der Waals surface area contributed by atoms with E-state index < -0.39 is 0 Å². The van der Waals surface area contributed by atoms with Gasteiger partial charge < -0.3 is 10.2 Å². The van der Waals surface area contributed by atoms with Gasteiger partial charge in [0.15, 0.2) is 0 Å². The molecule has 1 saturated carbocycles. The number of aromatic nitrogens is 1. The fourth-order valence-corrected chi connectivity index (χ4v) is 4.31. The summed E-state index contributed by atoms with van der Waals surface area (Å²) in [5, 5.41) is 3.05. The Balaban J connectivity index is 1.83. The van der Waals surface area contributed by atoms with Gasteiger partial charge in [0.05, 0.1) is 5.92 Å². The average molecular weight is 329 g/mol. The van der Waals surface area contributed by atoms with Gasteiger partial charge in [0.25, 0.3) is 5.91 Å². The number of aryl methyl sites for hydroxylation is 1. The summed E-state index contributed by atoms with van der Waals surface area (Å²) in [5.41, 5.74) is 1.35. The number of nitrogens with zero attached hydrogens (tertiary/aromatic N) is 2. The maximum absolute atomic E-state index is 12.9. The zero-order chi connectivity index (χ0) is 17.3. The van der Waals surface area contributed by atoms with Gasteiger partial charge >= 0.3 is 0 Å². The van der Waals surface area contributed by atoms with Crippen molar-refractivity contribution in [2.45, 2.75) is 52.5 Å². The number of hydrogen-bond donors (Lipinski definition) is 1. The molecule has 1 spiro atoms. The predicted molar refractivity (Wildman–Crippen MR) is 92.5 cm³/mol. The molecule has 130 valence electrons. The Labute approximate surface area is 143 Å². The van der Waals surface area contributed by atoms with Crippen LogP contribution in [-0.2, 0) is 4.79 Å². The third-order valence-electron chi connectivity index (χ3n) is 5.49. The van der Waals surface area contributed by atoms with Crippen LogP contribution in [0.25, 0.3) is 0 Å². The van der Waals surface area contributed by atoms with Gasteiger partial charge in [-0.1, -0.05) is 18.9 Å². The molecule has 0 aromatic carbocycles. The Kier molecular flexibility index (Phi) is 4.61. The Bertz CT molecular complexity index is 635. The van der Waals surface area contributed by atoms with Crippen molar-refractivity contribution in [1.82, 2.24) is 15.2 Å². The third kappa shape index (κ3) is 3.04. The van der Waals surface area contributed by atoms with Crippen LogP contribution in [0.4, 0.5) is 0 Å². The summed E-state index contributed by atoms with van der Waals surface area (Å²) in [6, 6.07) is 3.87. The molecule has 1 N–H and O–H groups in total. The summed E-state index contributed by atoms with van der Waals surface area (Å²) in [6.45, 7) is 7.05. The monoisotopic (exact) mass is 329 g/mol. The Morgan fingerprint density at radius 2 is 2.04 bits per heavy atom. The molecule has 1 atom stereocenters. The quantitative estimate of drug-likeness (QED) is 0.927. The lowest BCUT2D eigenvalue weighted by Crippen LogP contribution is -2.42. The highest BCUT2D eigenvalue weighted by molar-refractivity contribution is 5.94. The SMILES string of the molecule is Cc1cccnc1C(=O)N1CC(C(=O)NC(C)C)C2(CCCC2)C1. The largest absolute Gasteiger partial charge is 0.354 e. The van der Waals surface area contributed by atoms with Crippen LogP contribution in [0, 0.1) is 18.3 Å². The highest BCUT2D eigenvalue weighted by atomic mass is 16.2. The van der Waals surface area contributed by atoms with E-state index in [1.54, 1.807) is 6.20 Å². The second-order valence-corrected chi connectivity index (χ2v) is 7.64. The number of amides is 2. The van der Waals surface area contributed by atoms with Crippen molar-refractivity contribution in [2.24, 2.45) is 11.3 Å². The molecule has 1 aliphatic heterocycles. The van der Waals surface area contributed by atoms with Crippen molar-refractivity contribution in [2.75, 3.05) is 13.1 Å². The van der Waals surface area contributed by atoms with Crippen LogP contribution in [0.15, 0.2) is 18.3 Å². The van der Waals surface area contributed by atoms with E-state index in [9.17, 15) is 9.59 Å². The van der Waals surface area contributed by atoms with E-state index >= 15 is 0 Å². The predicted octanol–water partition coefficient (Wildman–Crippen LogP) is 2.55. The van der Waals surface area contributed by atoms with Gasteiger partial charge in [-0.3, -0.25) is 14.6 Å². The van der Waals surface area contributed by atoms with E-state index in [0.29, 0.717) is 18.8 Å². The summed E-state index contributed by atoms with van der Waals surface area (Å²) >= 11 is 0. The normalized spacial score (nSPS) is 22.3. The van der Waals surface area contributed by atoms with Crippen LogP contribution in [0.5, 0.6) is 0 Å². The molecular formula is C19H27N3O2. The van der Waals surface area contributed by atoms with E-state index in [1.807, 2.05) is 37.8 Å². The Morgan fingerprint density at radius 3 is 2.67 bits per heavy atom. The van der Waals surface area contributed by atoms with Crippen LogP contribution in [0.3, 0.4) is 0 Å². The van der Waals surface area contributed by atoms with Gasteiger partial charge in [-0.25, -0.2) is 0 Å². The van der Waals surface area contributed by atoms with Crippen LogP contribution in [-0.4, -0.2) is 40.8 Å². The minimum atomic E-state index is -0.102. The topological polar surface area (TPSA) is 62.3 Å². The maximum atomic E-state index is 12.9. The van der Waals surface area contributed by atoms with Crippen LogP contribution in [0.2, 0.25) is 0 Å². The van der Waals surface area contributed by atoms with Gasteiger partial charge in [0.1, 0.15) is 5.69 Å². The molecule has 2 aliphatic rings. The zero-order valence-corrected chi connectivity index (χ0v) is 14.8. The number of hydrogen-bond acceptors (Lipinski definition) is 3. The van der Waals surface area contributed by atoms with Crippen molar-refractivity contribution in [1.29, 1.82) is 0 Å². The number of carbonyl (C=O) groups is 2. The van der Waals surface area contributed by atoms with Crippen molar-refractivity contribution < 1.29 is 9.59 Å². The maximum Gasteiger partial charge on any atom is 0.272 e. The van der Waals surface area contributed by atoms with E-state index in [1.165, 1.54) is 0 Å². The van der Waals surface area contributed by atoms with Gasteiger partial charge in [0, 0.05) is 30.7 Å². The van der Waals surface area contributed by atoms with Gasteiger partial charge in [-0.15, -0.1) is 0 Å². The Hall–Kier alpha value is -1.91. The van der Waals surface area contributed by atoms with Crippen LogP contribution < -0.4 is 5.32 Å². The molecule has 1 aliphatic carbocycles. The molecule has 1 saturated heterocycles. The number of carbonyl (C=O) groups excluding carboxylic acids is 2. The number of pyridine rings is 1. The molecule has 2 heterocycles. The summed E-state index contributed by atoms with van der Waals surface area (Å²) < 4.78 is 0. The van der Waals surface area contributed by atoms with Gasteiger partial charge in [-0.2, -0.15) is 0 Å². The highest BCUT2D eigenvalue weighted by Crippen LogP contribution is 2.49. The first kappa shape index (κ1) is 16.9. The van der Waals surface area contributed by atoms with Gasteiger partial charge in [-0.05, 0) is 45.2 Å². The van der Waals surface area contributed by atoms with Gasteiger partial charge in [0.2, 0.25) is 5.91 Å². The molecule has 5 heteroatoms. The molecule has 2 fully saturated rings. The molecule has 1 unspecified atom stereocenters. The number of rotatable bonds is 3. The molecule has 0 bridgehead atoms. The average Bonchev–Trinajstić information content (AvgIpc) is 3.15. The minimum absolute atomic E-state index is 0.0424. The zero-order valence-electron chi connectivity index (χ0n) is 14.8. The lowest BCUT2D eigenvalue weighted by molar-refractivity contribution is -0.128. The van der Waals surface area contributed by atoms with Crippen molar-refractivity contribution in [3.8, 4) is 0 Å². The summed E-state index contributed by atoms with van der Waals surface area (Å²) in [5.74, 6) is -0.0467. The molecule has 2 amide bonds. The second-order valence-electron chi connectivity index (χ2n) is 7.64. The number of nitrogens with one attached hydrogen (secondary N) is 1. The standard InChI is InChI=1S/C19H27N3O2/c1-13(2)21-17(23)15-11-22(12-19(15)8-4-5-9-19)18(24)16-14(3)7-6-10-20-16/h6-7,10,13,15H,4-5,8-9,11-12H2,1-3H3,(H,21,23). The molecule has 5 nitrogen and oxygen atoms in total. The molecule has 1 aromatic rings. The van der Waals surface area contributed by atoms with Crippen molar-refractivity contribution >= 4 is 11.8 Å². The molecule has 3 rings (SSSR count). The van der Waals surface area contributed by atoms with E-state index in [2.05, 4.69) is 10.3 Å². The van der Waals surface area contributed by atoms with E-state index in [0.717, 1.165) is 31.2 Å². The Morgan fingerprint density at radius 1 is 1.33 bits per heavy atom. The molecule has 1 aromatic heterocycles. The van der Waals surface area contributed by atoms with Crippen LogP contribution >= 0.6 is 0 Å². The first-order chi connectivity index (χ1) is 11.4. The van der Waals surface area contributed by atoms with Crippen LogP contribution in [0.1, 0.15) is 55.6 Å². The smallest absolute Gasteiger partial charge is 0.272 e. The summed E-state index contributed by atoms with van der Waals surface area (Å²) in [7, 11) is 0. The first-order valence-corrected chi connectivity index (χ1v) is 8.94. The highest BCUT2D eigenvalue weighted by Gasteiger charge is 2.52. The fourth-order valence-electron chi connectivity index (χ4n) is 4.31. The van der Waals surface area contributed by atoms with Crippen molar-refractivity contribution in [3.63, 3.8) is 0 Å². The van der Waals surface area contributed by atoms with E-state index in [4.69, 9.17) is 0 Å². The molecule has 24 heavy (non-hydrogen) atoms. The number of likely N-dealkylation sites (tertiary alicyclic amines) is 1. The van der Waals surface area contributed by atoms with E-state index in [-0.39, 0.29) is 29.2 Å². The second kappa shape index (κ2) is 6.54. The first-order valence-electron chi connectivity index (χ1n) is 8.94. The van der Waals surface area contributed by atoms with Crippen molar-refractivity contribution in [3.05, 3.63) is 29.6 Å². The summed E-state index contributed by atoms with van der Waals surface area (Å²) in [6.07, 6.45) is 6.03. The molecule has 0 radical (unpaired) electrons. The summed E-state index contributed by atoms with van der Waals surface area (Å²) in [4.78, 5) is 31.8. The minimum Gasteiger partial charge on any atom is -0.354 e. The molecular weight excluding hydrogens is 302 g/mol.